The molecule has 0 fully saturated rings. The monoisotopic (exact) mass is 239 g/mol. The minimum atomic E-state index is -0.373. The molecule has 0 heterocycles. The predicted molar refractivity (Wildman–Crippen MR) is 70.0 cm³/mol. The predicted octanol–water partition coefficient (Wildman–Crippen LogP) is 2.63. The van der Waals surface area contributed by atoms with E-state index in [-0.39, 0.29) is 11.8 Å². The zero-order valence-corrected chi connectivity index (χ0v) is 10.0. The van der Waals surface area contributed by atoms with Gasteiger partial charge in [0.1, 0.15) is 0 Å². The largest absolute Gasteiger partial charge is 0.293 e. The van der Waals surface area contributed by atoms with Gasteiger partial charge in [-0.2, -0.15) is 0 Å². The van der Waals surface area contributed by atoms with E-state index in [4.69, 9.17) is 0 Å². The van der Waals surface area contributed by atoms with Crippen LogP contribution in [0.1, 0.15) is 17.3 Å². The zero-order chi connectivity index (χ0) is 13.0. The molecule has 0 saturated carbocycles. The Morgan fingerprint density at radius 1 is 0.889 bits per heavy atom. The molecular weight excluding hydrogens is 226 g/mol. The number of hydrogen-bond acceptors (Lipinski definition) is 2. The second-order valence-electron chi connectivity index (χ2n) is 3.92. The Balaban J connectivity index is 2.44. The number of carbonyl (C=O) groups excluding carboxylic acids is 2. The quantitative estimate of drug-likeness (QED) is 0.875. The third kappa shape index (κ3) is 2.63. The summed E-state index contributed by atoms with van der Waals surface area (Å²) in [5, 5.41) is 2.29. The lowest BCUT2D eigenvalue weighted by molar-refractivity contribution is -0.118. The van der Waals surface area contributed by atoms with Gasteiger partial charge in [-0.1, -0.05) is 48.5 Å². The molecule has 3 nitrogen and oxygen atoms in total. The summed E-state index contributed by atoms with van der Waals surface area (Å²) in [6, 6.07) is 16.8. The van der Waals surface area contributed by atoms with Crippen LogP contribution in [0.2, 0.25) is 0 Å². The van der Waals surface area contributed by atoms with E-state index in [9.17, 15) is 9.59 Å². The Bertz CT molecular complexity index is 576. The molecule has 2 amide bonds. The van der Waals surface area contributed by atoms with Gasteiger partial charge in [-0.3, -0.25) is 14.9 Å². The Morgan fingerprint density at radius 2 is 1.50 bits per heavy atom. The molecule has 2 rings (SSSR count). The molecule has 2 aromatic carbocycles. The molecule has 0 aliphatic rings. The van der Waals surface area contributed by atoms with Crippen LogP contribution in [0.3, 0.4) is 0 Å². The molecule has 0 saturated heterocycles. The third-order valence-electron chi connectivity index (χ3n) is 2.55. The summed E-state index contributed by atoms with van der Waals surface area (Å²) in [7, 11) is 0. The Labute approximate surface area is 105 Å². The van der Waals surface area contributed by atoms with Crippen molar-refractivity contribution in [1.82, 2.24) is 5.32 Å². The van der Waals surface area contributed by atoms with E-state index in [1.165, 1.54) is 6.92 Å². The Morgan fingerprint density at radius 3 is 2.17 bits per heavy atom. The standard InChI is InChI=1S/C15H13NO2/c1-11(17)16-15(18)14-10-6-5-9-13(14)12-7-3-2-4-8-12/h2-10H,1H3,(H,16,17,18). The number of rotatable bonds is 2. The van der Waals surface area contributed by atoms with Crippen LogP contribution in [-0.4, -0.2) is 11.8 Å². The van der Waals surface area contributed by atoms with E-state index in [0.29, 0.717) is 5.56 Å². The van der Waals surface area contributed by atoms with E-state index in [1.54, 1.807) is 12.1 Å². The van der Waals surface area contributed by atoms with Crippen molar-refractivity contribution >= 4 is 11.8 Å². The highest BCUT2D eigenvalue weighted by atomic mass is 16.2. The summed E-state index contributed by atoms with van der Waals surface area (Å²) in [5.74, 6) is -0.732. The minimum absolute atomic E-state index is 0.358. The highest BCUT2D eigenvalue weighted by molar-refractivity contribution is 6.07. The van der Waals surface area contributed by atoms with Crippen molar-refractivity contribution in [3.63, 3.8) is 0 Å². The van der Waals surface area contributed by atoms with Crippen molar-refractivity contribution < 1.29 is 9.59 Å². The molecule has 0 unspecified atom stereocenters. The van der Waals surface area contributed by atoms with Gasteiger partial charge in [0, 0.05) is 12.5 Å². The topological polar surface area (TPSA) is 46.2 Å². The lowest BCUT2D eigenvalue weighted by atomic mass is 9.99. The summed E-state index contributed by atoms with van der Waals surface area (Å²) < 4.78 is 0. The summed E-state index contributed by atoms with van der Waals surface area (Å²) >= 11 is 0. The molecule has 2 aromatic rings. The van der Waals surface area contributed by atoms with Crippen LogP contribution >= 0.6 is 0 Å². The van der Waals surface area contributed by atoms with Gasteiger partial charge in [-0.25, -0.2) is 0 Å². The summed E-state index contributed by atoms with van der Waals surface area (Å²) in [4.78, 5) is 22.9. The Kier molecular flexibility index (Phi) is 3.53. The first-order chi connectivity index (χ1) is 8.68. The SMILES string of the molecule is CC(=O)NC(=O)c1ccccc1-c1ccccc1. The van der Waals surface area contributed by atoms with Crippen LogP contribution in [0.25, 0.3) is 11.1 Å². The smallest absolute Gasteiger partial charge is 0.258 e. The van der Waals surface area contributed by atoms with E-state index < -0.39 is 0 Å². The van der Waals surface area contributed by atoms with Gasteiger partial charge in [0.15, 0.2) is 0 Å². The number of amides is 2. The maximum atomic E-state index is 11.9. The molecule has 0 aliphatic carbocycles. The van der Waals surface area contributed by atoms with Crippen molar-refractivity contribution in [1.29, 1.82) is 0 Å². The molecule has 90 valence electrons. The van der Waals surface area contributed by atoms with E-state index in [1.807, 2.05) is 42.5 Å². The van der Waals surface area contributed by atoms with Crippen molar-refractivity contribution in [2.75, 3.05) is 0 Å². The van der Waals surface area contributed by atoms with Crippen LogP contribution in [0.15, 0.2) is 54.6 Å². The summed E-state index contributed by atoms with van der Waals surface area (Å²) in [6.45, 7) is 1.32. The second kappa shape index (κ2) is 5.27. The van der Waals surface area contributed by atoms with Crippen molar-refractivity contribution in [3.05, 3.63) is 60.2 Å². The van der Waals surface area contributed by atoms with E-state index in [2.05, 4.69) is 5.32 Å². The molecule has 0 atom stereocenters. The zero-order valence-electron chi connectivity index (χ0n) is 10.0. The first kappa shape index (κ1) is 12.0. The molecule has 0 radical (unpaired) electrons. The average molecular weight is 239 g/mol. The normalized spacial score (nSPS) is 9.83. The molecule has 3 heteroatoms. The maximum absolute atomic E-state index is 11.9. The van der Waals surface area contributed by atoms with Gasteiger partial charge in [0.25, 0.3) is 5.91 Å². The van der Waals surface area contributed by atoms with Gasteiger partial charge >= 0.3 is 0 Å². The van der Waals surface area contributed by atoms with Crippen LogP contribution in [0, 0.1) is 0 Å². The third-order valence-corrected chi connectivity index (χ3v) is 2.55. The van der Waals surface area contributed by atoms with Gasteiger partial charge in [-0.15, -0.1) is 0 Å². The number of imide groups is 1. The van der Waals surface area contributed by atoms with Crippen LogP contribution < -0.4 is 5.32 Å². The summed E-state index contributed by atoms with van der Waals surface area (Å²) in [6.07, 6.45) is 0. The van der Waals surface area contributed by atoms with Crippen LogP contribution in [0.4, 0.5) is 0 Å². The molecule has 1 N–H and O–H groups in total. The number of hydrogen-bond donors (Lipinski definition) is 1. The molecule has 0 aliphatic heterocycles. The van der Waals surface area contributed by atoms with Gasteiger partial charge < -0.3 is 0 Å². The van der Waals surface area contributed by atoms with Crippen LogP contribution in [-0.2, 0) is 4.79 Å². The van der Waals surface area contributed by atoms with E-state index >= 15 is 0 Å². The van der Waals surface area contributed by atoms with Gasteiger partial charge in [-0.05, 0) is 17.2 Å². The van der Waals surface area contributed by atoms with Gasteiger partial charge in [0.05, 0.1) is 0 Å². The number of carbonyl (C=O) groups is 2. The molecule has 0 aromatic heterocycles. The maximum Gasteiger partial charge on any atom is 0.258 e. The molecule has 0 spiro atoms. The first-order valence-electron chi connectivity index (χ1n) is 5.65. The fourth-order valence-corrected chi connectivity index (χ4v) is 1.78. The van der Waals surface area contributed by atoms with Crippen molar-refractivity contribution in [2.24, 2.45) is 0 Å². The number of benzene rings is 2. The number of nitrogens with one attached hydrogen (secondary N) is 1. The first-order valence-corrected chi connectivity index (χ1v) is 5.65. The fraction of sp³-hybridized carbons (Fsp3) is 0.0667. The van der Waals surface area contributed by atoms with Gasteiger partial charge in [0.2, 0.25) is 5.91 Å². The lowest BCUT2D eigenvalue weighted by Gasteiger charge is -2.08. The highest BCUT2D eigenvalue weighted by Crippen LogP contribution is 2.23. The Hall–Kier alpha value is -2.42. The minimum Gasteiger partial charge on any atom is -0.293 e. The summed E-state index contributed by atoms with van der Waals surface area (Å²) in [5.41, 5.74) is 2.27. The average Bonchev–Trinajstić information content (AvgIpc) is 2.39. The van der Waals surface area contributed by atoms with E-state index in [0.717, 1.165) is 11.1 Å². The van der Waals surface area contributed by atoms with Crippen LogP contribution in [0.5, 0.6) is 0 Å². The highest BCUT2D eigenvalue weighted by Gasteiger charge is 2.12. The fourth-order valence-electron chi connectivity index (χ4n) is 1.78. The van der Waals surface area contributed by atoms with Crippen molar-refractivity contribution in [2.45, 2.75) is 6.92 Å². The molecule has 18 heavy (non-hydrogen) atoms. The molecule has 0 bridgehead atoms. The van der Waals surface area contributed by atoms with Crippen molar-refractivity contribution in [3.8, 4) is 11.1 Å². The molecular formula is C15H13NO2. The second-order valence-corrected chi connectivity index (χ2v) is 3.92. The lowest BCUT2D eigenvalue weighted by Crippen LogP contribution is -2.28.